The highest BCUT2D eigenvalue weighted by atomic mass is 19.4. The van der Waals surface area contributed by atoms with E-state index < -0.39 is 64.6 Å². The third-order valence-corrected chi connectivity index (χ3v) is 10.6. The number of amides is 2. The minimum absolute atomic E-state index is 0.0345. The number of hydrogen-bond acceptors (Lipinski definition) is 4. The second-order valence-electron chi connectivity index (χ2n) is 13.4. The molecule has 3 aliphatic carbocycles. The summed E-state index contributed by atoms with van der Waals surface area (Å²) < 4.78 is 133. The molecule has 5 aromatic carbocycles. The number of hydrogen-bond donors (Lipinski definition) is 2. The van der Waals surface area contributed by atoms with Crippen LogP contribution in [-0.4, -0.2) is 18.0 Å². The van der Waals surface area contributed by atoms with Crippen molar-refractivity contribution in [3.05, 3.63) is 137 Å². The predicted molar refractivity (Wildman–Crippen MR) is 177 cm³/mol. The second kappa shape index (κ2) is 11.1. The molecule has 1 saturated heterocycles. The molecule has 4 atom stereocenters. The summed E-state index contributed by atoms with van der Waals surface area (Å²) in [6.45, 7) is 0. The van der Waals surface area contributed by atoms with Crippen LogP contribution in [0.1, 0.15) is 45.2 Å². The summed E-state index contributed by atoms with van der Waals surface area (Å²) in [7, 11) is 0. The molecule has 2 amide bonds. The van der Waals surface area contributed by atoms with Crippen LogP contribution in [0.5, 0.6) is 0 Å². The van der Waals surface area contributed by atoms with Gasteiger partial charge in [-0.05, 0) is 80.9 Å². The first-order chi connectivity index (χ1) is 24.9. The SMILES string of the molecule is Nc1ccc(-c2ccc3c(c2)C2c4ccc(-c5ccc(N)cc5C(F)(F)F)cc4C3C3(C(F)(F)F)C(=O)N(c4ccccc4)C(=O)C23)c(C(F)(F)F)c1. The summed E-state index contributed by atoms with van der Waals surface area (Å²) in [5.74, 6) is -8.34. The Morgan fingerprint density at radius 1 is 0.566 bits per heavy atom. The van der Waals surface area contributed by atoms with Crippen LogP contribution in [0, 0.1) is 11.3 Å². The molecular formula is C39H24F9N3O2. The molecule has 5 aromatic rings. The lowest BCUT2D eigenvalue weighted by Crippen LogP contribution is -2.59. The largest absolute Gasteiger partial charge is 0.417 e. The number of imide groups is 1. The van der Waals surface area contributed by atoms with Crippen molar-refractivity contribution in [2.45, 2.75) is 30.4 Å². The van der Waals surface area contributed by atoms with Gasteiger partial charge in [0, 0.05) is 23.2 Å². The van der Waals surface area contributed by atoms with Crippen LogP contribution in [-0.2, 0) is 21.9 Å². The van der Waals surface area contributed by atoms with E-state index in [4.69, 9.17) is 11.5 Å². The van der Waals surface area contributed by atoms with Gasteiger partial charge in [-0.2, -0.15) is 39.5 Å². The Balaban J connectivity index is 1.42. The van der Waals surface area contributed by atoms with Gasteiger partial charge in [-0.1, -0.05) is 66.7 Å². The van der Waals surface area contributed by atoms with E-state index in [1.54, 1.807) is 6.07 Å². The van der Waals surface area contributed by atoms with Gasteiger partial charge in [0.05, 0.1) is 22.7 Å². The van der Waals surface area contributed by atoms with Gasteiger partial charge >= 0.3 is 18.5 Å². The summed E-state index contributed by atoms with van der Waals surface area (Å²) in [5.41, 5.74) is 4.29. The van der Waals surface area contributed by atoms with Crippen LogP contribution in [0.15, 0.2) is 103 Å². The maximum absolute atomic E-state index is 16.0. The number of halogens is 9. The molecule has 0 radical (unpaired) electrons. The minimum Gasteiger partial charge on any atom is -0.399 e. The molecule has 1 aliphatic heterocycles. The van der Waals surface area contributed by atoms with E-state index in [-0.39, 0.29) is 61.6 Å². The zero-order valence-corrected chi connectivity index (χ0v) is 26.9. The van der Waals surface area contributed by atoms with Crippen molar-refractivity contribution in [1.82, 2.24) is 0 Å². The van der Waals surface area contributed by atoms with Gasteiger partial charge in [0.2, 0.25) is 5.91 Å². The van der Waals surface area contributed by atoms with Crippen molar-refractivity contribution < 1.29 is 49.1 Å². The number of nitrogens with two attached hydrogens (primary N) is 2. The Labute approximate surface area is 294 Å². The molecule has 5 nitrogen and oxygen atoms in total. The summed E-state index contributed by atoms with van der Waals surface area (Å²) in [6, 6.07) is 20.6. The lowest BCUT2D eigenvalue weighted by Gasteiger charge is -2.53. The topological polar surface area (TPSA) is 89.4 Å². The first-order valence-corrected chi connectivity index (χ1v) is 16.1. The maximum Gasteiger partial charge on any atom is 0.417 e. The van der Waals surface area contributed by atoms with Crippen molar-refractivity contribution in [3.8, 4) is 22.3 Å². The number of para-hydroxylation sites is 1. The first kappa shape index (κ1) is 34.3. The van der Waals surface area contributed by atoms with Gasteiger partial charge in [0.1, 0.15) is 0 Å². The van der Waals surface area contributed by atoms with Gasteiger partial charge in [-0.15, -0.1) is 0 Å². The van der Waals surface area contributed by atoms with Crippen molar-refractivity contribution in [1.29, 1.82) is 0 Å². The molecule has 14 heteroatoms. The monoisotopic (exact) mass is 737 g/mol. The van der Waals surface area contributed by atoms with Gasteiger partial charge < -0.3 is 11.5 Å². The lowest BCUT2D eigenvalue weighted by molar-refractivity contribution is -0.238. The van der Waals surface area contributed by atoms with Crippen LogP contribution in [0.3, 0.4) is 0 Å². The van der Waals surface area contributed by atoms with Crippen LogP contribution in [0.2, 0.25) is 0 Å². The van der Waals surface area contributed by atoms with Gasteiger partial charge in [0.25, 0.3) is 5.91 Å². The molecule has 4 unspecified atom stereocenters. The molecule has 53 heavy (non-hydrogen) atoms. The van der Waals surface area contributed by atoms with Gasteiger partial charge in [0.15, 0.2) is 5.41 Å². The molecular weight excluding hydrogens is 713 g/mol. The fraction of sp³-hybridized carbons (Fsp3) is 0.179. The zero-order valence-electron chi connectivity index (χ0n) is 26.9. The number of carbonyl (C=O) groups excluding carboxylic acids is 2. The van der Waals surface area contributed by atoms with E-state index in [2.05, 4.69) is 0 Å². The molecule has 0 saturated carbocycles. The number of nitrogens with zero attached hydrogens (tertiary/aromatic N) is 1. The summed E-state index contributed by atoms with van der Waals surface area (Å²) in [5, 5.41) is 0. The highest BCUT2D eigenvalue weighted by Gasteiger charge is 2.81. The average Bonchev–Trinajstić information content (AvgIpc) is 3.34. The Morgan fingerprint density at radius 3 is 1.58 bits per heavy atom. The molecule has 4 N–H and O–H groups in total. The number of nitrogen functional groups attached to an aromatic ring is 2. The fourth-order valence-corrected chi connectivity index (χ4v) is 8.57. The third kappa shape index (κ3) is 4.80. The van der Waals surface area contributed by atoms with Crippen molar-refractivity contribution in [2.75, 3.05) is 16.4 Å². The highest BCUT2D eigenvalue weighted by molar-refractivity contribution is 6.25. The minimum atomic E-state index is -5.39. The molecule has 1 heterocycles. The van der Waals surface area contributed by atoms with E-state index in [0.29, 0.717) is 11.0 Å². The Bertz CT molecular complexity index is 2370. The van der Waals surface area contributed by atoms with Crippen molar-refractivity contribution in [3.63, 3.8) is 0 Å². The molecule has 4 aliphatic rings. The lowest BCUT2D eigenvalue weighted by atomic mass is 9.47. The zero-order chi connectivity index (χ0) is 38.0. The van der Waals surface area contributed by atoms with Gasteiger partial charge in [-0.25, -0.2) is 4.90 Å². The van der Waals surface area contributed by atoms with Crippen LogP contribution < -0.4 is 16.4 Å². The van der Waals surface area contributed by atoms with Crippen molar-refractivity contribution >= 4 is 28.9 Å². The Kier molecular flexibility index (Phi) is 7.19. The normalized spacial score (nSPS) is 22.1. The predicted octanol–water partition coefficient (Wildman–Crippen LogP) is 9.55. The summed E-state index contributed by atoms with van der Waals surface area (Å²) >= 11 is 0. The molecule has 0 spiro atoms. The van der Waals surface area contributed by atoms with E-state index in [1.807, 2.05) is 0 Å². The smallest absolute Gasteiger partial charge is 0.399 e. The van der Waals surface area contributed by atoms with Crippen LogP contribution in [0.25, 0.3) is 22.3 Å². The molecule has 2 bridgehead atoms. The van der Waals surface area contributed by atoms with E-state index in [9.17, 15) is 35.9 Å². The van der Waals surface area contributed by atoms with E-state index in [1.165, 1.54) is 72.8 Å². The molecule has 270 valence electrons. The van der Waals surface area contributed by atoms with Gasteiger partial charge in [-0.3, -0.25) is 9.59 Å². The number of carbonyl (C=O) groups is 2. The number of anilines is 3. The molecule has 1 fully saturated rings. The summed E-state index contributed by atoms with van der Waals surface area (Å²) in [4.78, 5) is 29.3. The fourth-order valence-electron chi connectivity index (χ4n) is 8.57. The van der Waals surface area contributed by atoms with Crippen molar-refractivity contribution in [2.24, 2.45) is 11.3 Å². The Hall–Kier alpha value is -5.79. The molecule has 0 aromatic heterocycles. The quantitative estimate of drug-likeness (QED) is 0.110. The van der Waals surface area contributed by atoms with Crippen LogP contribution in [0.4, 0.5) is 56.6 Å². The number of benzene rings is 5. The Morgan fingerprint density at radius 2 is 1.08 bits per heavy atom. The second-order valence-corrected chi connectivity index (χ2v) is 13.4. The number of rotatable bonds is 3. The molecule has 9 rings (SSSR count). The first-order valence-electron chi connectivity index (χ1n) is 16.1. The maximum atomic E-state index is 16.0. The third-order valence-electron chi connectivity index (χ3n) is 10.6. The van der Waals surface area contributed by atoms with E-state index in [0.717, 1.165) is 18.2 Å². The average molecular weight is 738 g/mol. The number of alkyl halides is 9. The highest BCUT2D eigenvalue weighted by Crippen LogP contribution is 2.72. The van der Waals surface area contributed by atoms with E-state index >= 15 is 13.2 Å². The summed E-state index contributed by atoms with van der Waals surface area (Å²) in [6.07, 6.45) is -15.2. The standard InChI is InChI=1S/C39H24F9N3O2/c40-37(41,42)29-16-20(49)8-12-23(29)18-7-11-26-27(14-18)31-25-10-6-19(24-13-9-21(50)17-30(24)38(43,44)45)15-28(25)32(26)36(39(46,47)48)33(31)34(52)51(35(36)53)22-4-2-1-3-5-22/h1-17,31-33H,49-50H2. The van der Waals surface area contributed by atoms with Crippen LogP contribution >= 0.6 is 0 Å².